The number of hydrogen-bond acceptors (Lipinski definition) is 1. The molecule has 0 aliphatic heterocycles. The molecule has 286 valence electrons. The molecule has 0 bridgehead atoms. The zero-order valence-corrected chi connectivity index (χ0v) is 34.5. The second kappa shape index (κ2) is 12.5. The minimum absolute atomic E-state index is 0.128. The largest absolute Gasteiger partial charge is 0.310 e. The Balaban J connectivity index is 1.17. The van der Waals surface area contributed by atoms with Gasteiger partial charge < -0.3 is 4.90 Å². The van der Waals surface area contributed by atoms with Crippen LogP contribution in [0.1, 0.15) is 72.2 Å². The van der Waals surface area contributed by atoms with E-state index in [4.69, 9.17) is 0 Å². The summed E-state index contributed by atoms with van der Waals surface area (Å²) >= 11 is 0. The van der Waals surface area contributed by atoms with Gasteiger partial charge in [-0.1, -0.05) is 191 Å². The van der Waals surface area contributed by atoms with Crippen molar-refractivity contribution in [3.05, 3.63) is 245 Å². The van der Waals surface area contributed by atoms with Crippen LogP contribution in [0.3, 0.4) is 0 Å². The van der Waals surface area contributed by atoms with Crippen LogP contribution in [-0.2, 0) is 16.2 Å². The molecular formula is C59H45N. The zero-order valence-electron chi connectivity index (χ0n) is 34.5. The highest BCUT2D eigenvalue weighted by Gasteiger charge is 2.54. The van der Waals surface area contributed by atoms with E-state index in [0.29, 0.717) is 0 Å². The normalized spacial score (nSPS) is 15.4. The fourth-order valence-corrected chi connectivity index (χ4v) is 11.5. The molecule has 3 aliphatic carbocycles. The van der Waals surface area contributed by atoms with E-state index in [1.807, 2.05) is 0 Å². The van der Waals surface area contributed by atoms with Gasteiger partial charge in [-0.15, -0.1) is 0 Å². The van der Waals surface area contributed by atoms with Gasteiger partial charge in [0, 0.05) is 27.9 Å². The third-order valence-electron chi connectivity index (χ3n) is 14.3. The Kier molecular flexibility index (Phi) is 7.31. The molecule has 0 saturated carbocycles. The van der Waals surface area contributed by atoms with Crippen LogP contribution in [0.15, 0.2) is 200 Å². The van der Waals surface area contributed by atoms with Gasteiger partial charge in [0.2, 0.25) is 0 Å². The van der Waals surface area contributed by atoms with Crippen molar-refractivity contribution in [3.8, 4) is 33.4 Å². The molecule has 9 aromatic carbocycles. The SMILES string of the molecule is CC1(C)c2ccccc2-c2ccc(N(c3ccc4c(c3)C3(c5ccccc5C(C)(C)c5ccccc53)c3cccc(-c5ccccc5)c3-4)c3ccc4ccccc4c3)cc21. The smallest absolute Gasteiger partial charge is 0.0720 e. The maximum Gasteiger partial charge on any atom is 0.0720 e. The summed E-state index contributed by atoms with van der Waals surface area (Å²) in [6.45, 7) is 9.56. The van der Waals surface area contributed by atoms with E-state index in [-0.39, 0.29) is 10.8 Å². The van der Waals surface area contributed by atoms with E-state index in [1.165, 1.54) is 88.7 Å². The van der Waals surface area contributed by atoms with Gasteiger partial charge in [-0.05, 0) is 125 Å². The van der Waals surface area contributed by atoms with Gasteiger partial charge in [0.25, 0.3) is 0 Å². The van der Waals surface area contributed by atoms with E-state index in [1.54, 1.807) is 0 Å². The van der Waals surface area contributed by atoms with Crippen LogP contribution in [0.5, 0.6) is 0 Å². The van der Waals surface area contributed by atoms with Gasteiger partial charge in [-0.3, -0.25) is 0 Å². The van der Waals surface area contributed by atoms with E-state index < -0.39 is 5.41 Å². The molecule has 60 heavy (non-hydrogen) atoms. The van der Waals surface area contributed by atoms with E-state index in [9.17, 15) is 0 Å². The van der Waals surface area contributed by atoms with Crippen molar-refractivity contribution >= 4 is 27.8 Å². The predicted molar refractivity (Wildman–Crippen MR) is 251 cm³/mol. The average Bonchev–Trinajstić information content (AvgIpc) is 3.71. The third-order valence-corrected chi connectivity index (χ3v) is 14.3. The molecule has 0 atom stereocenters. The lowest BCUT2D eigenvalue weighted by molar-refractivity contribution is 0.563. The van der Waals surface area contributed by atoms with Crippen molar-refractivity contribution in [2.75, 3.05) is 4.90 Å². The van der Waals surface area contributed by atoms with Crippen molar-refractivity contribution in [2.24, 2.45) is 0 Å². The van der Waals surface area contributed by atoms with Crippen molar-refractivity contribution in [3.63, 3.8) is 0 Å². The fourth-order valence-electron chi connectivity index (χ4n) is 11.5. The van der Waals surface area contributed by atoms with Crippen molar-refractivity contribution < 1.29 is 0 Å². The second-order valence-corrected chi connectivity index (χ2v) is 18.1. The summed E-state index contributed by atoms with van der Waals surface area (Å²) in [5, 5.41) is 2.46. The van der Waals surface area contributed by atoms with Crippen LogP contribution in [-0.4, -0.2) is 0 Å². The Morgan fingerprint density at radius 2 is 0.783 bits per heavy atom. The molecule has 0 unspecified atom stereocenters. The summed E-state index contributed by atoms with van der Waals surface area (Å²) in [5.74, 6) is 0. The number of anilines is 3. The Morgan fingerprint density at radius 3 is 1.50 bits per heavy atom. The summed E-state index contributed by atoms with van der Waals surface area (Å²) in [5.41, 5.74) is 21.3. The van der Waals surface area contributed by atoms with E-state index >= 15 is 0 Å². The fraction of sp³-hybridized carbons (Fsp3) is 0.119. The van der Waals surface area contributed by atoms with Crippen LogP contribution in [0.2, 0.25) is 0 Å². The highest BCUT2D eigenvalue weighted by Crippen LogP contribution is 2.64. The molecule has 1 spiro atoms. The maximum atomic E-state index is 2.54. The van der Waals surface area contributed by atoms with Crippen LogP contribution in [0, 0.1) is 0 Å². The molecule has 0 fully saturated rings. The minimum Gasteiger partial charge on any atom is -0.310 e. The molecule has 1 heteroatoms. The maximum absolute atomic E-state index is 2.54. The quantitative estimate of drug-likeness (QED) is 0.172. The lowest BCUT2D eigenvalue weighted by Gasteiger charge is -2.46. The zero-order chi connectivity index (χ0) is 40.4. The summed E-state index contributed by atoms with van der Waals surface area (Å²) in [4.78, 5) is 2.51. The van der Waals surface area contributed by atoms with Crippen LogP contribution in [0.25, 0.3) is 44.2 Å². The van der Waals surface area contributed by atoms with Gasteiger partial charge >= 0.3 is 0 Å². The Labute approximate surface area is 353 Å². The van der Waals surface area contributed by atoms with Crippen LogP contribution < -0.4 is 4.90 Å². The first kappa shape index (κ1) is 35.0. The molecule has 0 heterocycles. The van der Waals surface area contributed by atoms with E-state index in [2.05, 4.69) is 233 Å². The highest BCUT2D eigenvalue weighted by molar-refractivity contribution is 5.98. The van der Waals surface area contributed by atoms with Crippen LogP contribution in [0.4, 0.5) is 17.1 Å². The summed E-state index contributed by atoms with van der Waals surface area (Å²) in [6, 6.07) is 75.6. The number of fused-ring (bicyclic) bond motifs is 13. The molecule has 0 radical (unpaired) electrons. The lowest BCUT2D eigenvalue weighted by Crippen LogP contribution is -2.40. The lowest BCUT2D eigenvalue weighted by atomic mass is 9.55. The van der Waals surface area contributed by atoms with Crippen molar-refractivity contribution in [1.29, 1.82) is 0 Å². The van der Waals surface area contributed by atoms with Gasteiger partial charge in [0.05, 0.1) is 5.41 Å². The summed E-state index contributed by atoms with van der Waals surface area (Å²) in [6.07, 6.45) is 0. The monoisotopic (exact) mass is 767 g/mol. The Morgan fingerprint density at radius 1 is 0.300 bits per heavy atom. The molecule has 1 nitrogen and oxygen atoms in total. The van der Waals surface area contributed by atoms with E-state index in [0.717, 1.165) is 17.1 Å². The third kappa shape index (κ3) is 4.64. The van der Waals surface area contributed by atoms with Crippen LogP contribution >= 0.6 is 0 Å². The first-order valence-electron chi connectivity index (χ1n) is 21.3. The molecule has 0 aromatic heterocycles. The molecule has 0 N–H and O–H groups in total. The molecule has 9 aromatic rings. The molecule has 0 saturated heterocycles. The van der Waals surface area contributed by atoms with Gasteiger partial charge in [0.1, 0.15) is 0 Å². The van der Waals surface area contributed by atoms with Crippen molar-refractivity contribution in [1.82, 2.24) is 0 Å². The minimum atomic E-state index is -0.537. The molecule has 12 rings (SSSR count). The Hall–Kier alpha value is -6.96. The topological polar surface area (TPSA) is 3.24 Å². The number of benzene rings is 9. The van der Waals surface area contributed by atoms with Crippen molar-refractivity contribution in [2.45, 2.75) is 43.9 Å². The predicted octanol–water partition coefficient (Wildman–Crippen LogP) is 15.3. The van der Waals surface area contributed by atoms with Gasteiger partial charge in [0.15, 0.2) is 0 Å². The second-order valence-electron chi connectivity index (χ2n) is 18.1. The summed E-state index contributed by atoms with van der Waals surface area (Å²) < 4.78 is 0. The average molecular weight is 768 g/mol. The van der Waals surface area contributed by atoms with Gasteiger partial charge in [-0.25, -0.2) is 0 Å². The molecule has 3 aliphatic rings. The molecular weight excluding hydrogens is 723 g/mol. The van der Waals surface area contributed by atoms with Gasteiger partial charge in [-0.2, -0.15) is 0 Å². The standard InChI is InChI=1S/C59H45N/c1-57(2)48-23-11-10-21-45(48)46-33-31-42(36-54(46)57)60(41-30-29-38-17-8-9-20-40(38)35-41)43-32-34-47-55(37-43)59(53-28-16-22-44(56(47)53)39-18-6-5-7-19-39)51-26-14-12-24-49(51)58(3,4)50-25-13-15-27-52(50)59/h5-37H,1-4H3. The number of hydrogen-bond donors (Lipinski definition) is 0. The molecule has 0 amide bonds. The highest BCUT2D eigenvalue weighted by atomic mass is 15.1. The Bertz CT molecular complexity index is 3170. The first-order valence-corrected chi connectivity index (χ1v) is 21.3. The first-order chi connectivity index (χ1) is 29.3. The summed E-state index contributed by atoms with van der Waals surface area (Å²) in [7, 11) is 0. The number of nitrogens with zero attached hydrogens (tertiary/aromatic N) is 1. The number of rotatable bonds is 4.